The second-order valence-corrected chi connectivity index (χ2v) is 9.93. The molecule has 10 nitrogen and oxygen atoms in total. The predicted molar refractivity (Wildman–Crippen MR) is 169 cm³/mol. The molecule has 0 aliphatic heterocycles. The maximum Gasteiger partial charge on any atom is 0.408 e. The van der Waals surface area contributed by atoms with Gasteiger partial charge in [-0.1, -0.05) is 121 Å². The first-order valence-corrected chi connectivity index (χ1v) is 14.5. The van der Waals surface area contributed by atoms with Crippen molar-refractivity contribution in [3.63, 3.8) is 0 Å². The van der Waals surface area contributed by atoms with Gasteiger partial charge in [0.1, 0.15) is 26.4 Å². The Hall–Kier alpha value is -5.90. The average molecular weight is 623 g/mol. The van der Waals surface area contributed by atoms with Gasteiger partial charge >= 0.3 is 24.1 Å². The predicted octanol–water partition coefficient (Wildman–Crippen LogP) is 5.96. The summed E-state index contributed by atoms with van der Waals surface area (Å²) < 4.78 is 21.2. The van der Waals surface area contributed by atoms with Gasteiger partial charge in [-0.05, 0) is 22.3 Å². The Bertz CT molecular complexity index is 1450. The molecule has 236 valence electrons. The summed E-state index contributed by atoms with van der Waals surface area (Å²) in [6.07, 6.45) is 0.491. The Morgan fingerprint density at radius 1 is 0.478 bits per heavy atom. The molecule has 0 heterocycles. The molecule has 0 fully saturated rings. The second-order valence-electron chi connectivity index (χ2n) is 9.93. The molecule has 10 heteroatoms. The number of ether oxygens (including phenoxy) is 4. The highest BCUT2D eigenvalue weighted by Gasteiger charge is 2.19. The van der Waals surface area contributed by atoms with E-state index in [1.165, 1.54) is 0 Å². The van der Waals surface area contributed by atoms with Gasteiger partial charge in [0.15, 0.2) is 0 Å². The van der Waals surface area contributed by atoms with Gasteiger partial charge in [0.05, 0.1) is 12.1 Å². The van der Waals surface area contributed by atoms with Gasteiger partial charge in [-0.3, -0.25) is 0 Å². The van der Waals surface area contributed by atoms with Crippen LogP contribution < -0.4 is 10.6 Å². The van der Waals surface area contributed by atoms with E-state index in [2.05, 4.69) is 10.6 Å². The molecule has 2 N–H and O–H groups in total. The number of amides is 2. The minimum Gasteiger partial charge on any atom is -0.460 e. The highest BCUT2D eigenvalue weighted by Crippen LogP contribution is 2.15. The summed E-state index contributed by atoms with van der Waals surface area (Å²) in [6, 6.07) is 34.9. The zero-order valence-corrected chi connectivity index (χ0v) is 25.0. The molecule has 0 unspecified atom stereocenters. The highest BCUT2D eigenvalue weighted by molar-refractivity contribution is 5.91. The summed E-state index contributed by atoms with van der Waals surface area (Å²) in [4.78, 5) is 49.8. The van der Waals surface area contributed by atoms with Gasteiger partial charge < -0.3 is 29.6 Å². The normalized spacial score (nSPS) is 11.9. The summed E-state index contributed by atoms with van der Waals surface area (Å²) in [6.45, 7) is -0.274. The molecule has 0 saturated carbocycles. The minimum absolute atomic E-state index is 0.0777. The van der Waals surface area contributed by atoms with Crippen LogP contribution >= 0.6 is 0 Å². The van der Waals surface area contributed by atoms with E-state index in [4.69, 9.17) is 18.9 Å². The van der Waals surface area contributed by atoms with Crippen LogP contribution in [0.5, 0.6) is 0 Å². The van der Waals surface area contributed by atoms with Crippen molar-refractivity contribution in [2.24, 2.45) is 0 Å². The maximum atomic E-state index is 12.5. The lowest BCUT2D eigenvalue weighted by atomic mass is 10.1. The van der Waals surface area contributed by atoms with Gasteiger partial charge in [-0.25, -0.2) is 19.2 Å². The Morgan fingerprint density at radius 2 is 0.804 bits per heavy atom. The van der Waals surface area contributed by atoms with E-state index in [9.17, 15) is 19.2 Å². The highest BCUT2D eigenvalue weighted by atomic mass is 16.6. The fourth-order valence-corrected chi connectivity index (χ4v) is 4.19. The van der Waals surface area contributed by atoms with Crippen molar-refractivity contribution in [2.75, 3.05) is 13.2 Å². The van der Waals surface area contributed by atoms with Crippen molar-refractivity contribution >= 4 is 24.1 Å². The third kappa shape index (κ3) is 11.6. The molecule has 2 amide bonds. The lowest BCUT2D eigenvalue weighted by Crippen LogP contribution is -2.32. The molecule has 46 heavy (non-hydrogen) atoms. The van der Waals surface area contributed by atoms with E-state index in [-0.39, 0.29) is 26.4 Å². The number of nitrogens with one attached hydrogen (secondary N) is 2. The molecule has 0 bridgehead atoms. The standard InChI is InChI=1S/C36H34N2O8/c39-33(43-25-31(29-17-9-3-10-18-29)37-35(41)45-23-27-13-5-1-6-14-27)21-22-34(40)44-26-32(30-19-11-4-12-20-30)38-36(42)46-24-28-15-7-2-8-16-28/h1-22,31-32H,23-26H2,(H,37,41)(H,38,42)/b22-21+/t31-,32-/m0/s1. The van der Waals surface area contributed by atoms with Gasteiger partial charge in [0.25, 0.3) is 0 Å². The Labute approximate surface area is 266 Å². The van der Waals surface area contributed by atoms with E-state index in [1.54, 1.807) is 48.5 Å². The third-order valence-corrected chi connectivity index (χ3v) is 6.55. The van der Waals surface area contributed by atoms with Gasteiger partial charge in [-0.15, -0.1) is 0 Å². The maximum absolute atomic E-state index is 12.5. The van der Waals surface area contributed by atoms with Crippen molar-refractivity contribution in [1.82, 2.24) is 10.6 Å². The molecule has 0 aliphatic carbocycles. The minimum atomic E-state index is -0.820. The summed E-state index contributed by atoms with van der Waals surface area (Å²) in [5.41, 5.74) is 3.03. The average Bonchev–Trinajstić information content (AvgIpc) is 3.10. The zero-order chi connectivity index (χ0) is 32.4. The molecule has 0 aromatic heterocycles. The van der Waals surface area contributed by atoms with Crippen molar-refractivity contribution < 1.29 is 38.1 Å². The molecular weight excluding hydrogens is 588 g/mol. The van der Waals surface area contributed by atoms with E-state index < -0.39 is 36.2 Å². The van der Waals surface area contributed by atoms with Crippen molar-refractivity contribution in [2.45, 2.75) is 25.3 Å². The van der Waals surface area contributed by atoms with Crippen LogP contribution in [0.15, 0.2) is 133 Å². The molecular formula is C36H34N2O8. The first-order valence-electron chi connectivity index (χ1n) is 14.5. The van der Waals surface area contributed by atoms with E-state index in [1.807, 2.05) is 72.8 Å². The van der Waals surface area contributed by atoms with Gasteiger partial charge in [0.2, 0.25) is 0 Å². The second kappa shape index (κ2) is 18.0. The van der Waals surface area contributed by atoms with Crippen LogP contribution in [-0.2, 0) is 41.8 Å². The molecule has 2 atom stereocenters. The molecule has 0 aliphatic rings. The SMILES string of the molecule is O=C(/C=C/C(=O)OC[C@H](NC(=O)OCc1ccccc1)c1ccccc1)OC[C@H](NC(=O)OCc1ccccc1)c1ccccc1. The number of benzene rings is 4. The Morgan fingerprint density at radius 3 is 1.15 bits per heavy atom. The molecule has 4 aromatic rings. The van der Waals surface area contributed by atoms with Crippen LogP contribution in [0.25, 0.3) is 0 Å². The lowest BCUT2D eigenvalue weighted by molar-refractivity contribution is -0.141. The smallest absolute Gasteiger partial charge is 0.408 e. The number of esters is 2. The number of alkyl carbamates (subject to hydrolysis) is 2. The quantitative estimate of drug-likeness (QED) is 0.100. The molecule has 0 saturated heterocycles. The topological polar surface area (TPSA) is 129 Å². The first kappa shape index (κ1) is 33.0. The monoisotopic (exact) mass is 622 g/mol. The number of hydrogen-bond donors (Lipinski definition) is 2. The molecule has 0 radical (unpaired) electrons. The summed E-state index contributed by atoms with van der Waals surface area (Å²) >= 11 is 0. The number of rotatable bonds is 14. The first-order chi connectivity index (χ1) is 22.5. The molecule has 4 aromatic carbocycles. The summed E-state index contributed by atoms with van der Waals surface area (Å²) in [7, 11) is 0. The van der Waals surface area contributed by atoms with Gasteiger partial charge in [0, 0.05) is 12.2 Å². The zero-order valence-electron chi connectivity index (χ0n) is 25.0. The fraction of sp³-hybridized carbons (Fsp3) is 0.167. The van der Waals surface area contributed by atoms with E-state index in [0.717, 1.165) is 23.3 Å². The third-order valence-electron chi connectivity index (χ3n) is 6.55. The van der Waals surface area contributed by atoms with Crippen LogP contribution in [0.2, 0.25) is 0 Å². The number of carbonyl (C=O) groups excluding carboxylic acids is 4. The lowest BCUT2D eigenvalue weighted by Gasteiger charge is -2.19. The van der Waals surface area contributed by atoms with E-state index >= 15 is 0 Å². The molecule has 0 spiro atoms. The Balaban J connectivity index is 1.26. The van der Waals surface area contributed by atoms with Crippen LogP contribution in [-0.4, -0.2) is 37.3 Å². The largest absolute Gasteiger partial charge is 0.460 e. The Kier molecular flexibility index (Phi) is 12.9. The fourth-order valence-electron chi connectivity index (χ4n) is 4.19. The van der Waals surface area contributed by atoms with Crippen LogP contribution in [0.3, 0.4) is 0 Å². The summed E-state index contributed by atoms with van der Waals surface area (Å²) in [5, 5.41) is 5.41. The number of carbonyl (C=O) groups is 4. The van der Waals surface area contributed by atoms with Crippen molar-refractivity contribution in [3.8, 4) is 0 Å². The van der Waals surface area contributed by atoms with E-state index in [0.29, 0.717) is 11.1 Å². The van der Waals surface area contributed by atoms with Gasteiger partial charge in [-0.2, -0.15) is 0 Å². The number of hydrogen-bond acceptors (Lipinski definition) is 8. The summed E-state index contributed by atoms with van der Waals surface area (Å²) in [5.74, 6) is -1.64. The van der Waals surface area contributed by atoms with Crippen LogP contribution in [0, 0.1) is 0 Å². The molecule has 4 rings (SSSR count). The van der Waals surface area contributed by atoms with Crippen molar-refractivity contribution in [1.29, 1.82) is 0 Å². The van der Waals surface area contributed by atoms with Crippen LogP contribution in [0.1, 0.15) is 34.3 Å². The van der Waals surface area contributed by atoms with Crippen LogP contribution in [0.4, 0.5) is 9.59 Å². The van der Waals surface area contributed by atoms with Crippen molar-refractivity contribution in [3.05, 3.63) is 156 Å².